The van der Waals surface area contributed by atoms with Gasteiger partial charge in [0.15, 0.2) is 0 Å². The Morgan fingerprint density at radius 3 is 2.34 bits per heavy atom. The molecule has 7 nitrogen and oxygen atoms in total. The fourth-order valence-corrected chi connectivity index (χ4v) is 5.56. The predicted octanol–water partition coefficient (Wildman–Crippen LogP) is 6.24. The zero-order valence-corrected chi connectivity index (χ0v) is 24.2. The maximum Gasteiger partial charge on any atom is 0.271 e. The number of nitrogens with one attached hydrogen (secondary N) is 1. The zero-order chi connectivity index (χ0) is 27.4. The van der Waals surface area contributed by atoms with E-state index in [0.29, 0.717) is 16.3 Å². The lowest BCUT2D eigenvalue weighted by atomic mass is 10.2. The summed E-state index contributed by atoms with van der Waals surface area (Å²) in [4.78, 5) is 12.7. The first-order valence-electron chi connectivity index (χ1n) is 11.6. The van der Waals surface area contributed by atoms with E-state index < -0.39 is 15.9 Å². The Kier molecular flexibility index (Phi) is 8.40. The van der Waals surface area contributed by atoms with Crippen molar-refractivity contribution in [2.24, 2.45) is 5.10 Å². The summed E-state index contributed by atoms with van der Waals surface area (Å²) in [5.74, 6) is -0.406. The average molecular weight is 614 g/mol. The Labute approximate surface area is 235 Å². The van der Waals surface area contributed by atoms with Crippen LogP contribution in [0.2, 0.25) is 5.02 Å². The third-order valence-corrected chi connectivity index (χ3v) is 8.05. The van der Waals surface area contributed by atoms with E-state index in [1.807, 2.05) is 44.2 Å². The van der Waals surface area contributed by atoms with Crippen LogP contribution in [0.1, 0.15) is 32.9 Å². The molecule has 4 aromatic rings. The maximum atomic E-state index is 12.7. The summed E-state index contributed by atoms with van der Waals surface area (Å²) >= 11 is 9.54. The third-order valence-electron chi connectivity index (χ3n) is 5.99. The third kappa shape index (κ3) is 6.35. The number of sulfonamides is 1. The molecule has 0 fully saturated rings. The lowest BCUT2D eigenvalue weighted by molar-refractivity contribution is 0.0955. The Morgan fingerprint density at radius 2 is 1.71 bits per heavy atom. The molecule has 0 aliphatic carbocycles. The van der Waals surface area contributed by atoms with Crippen molar-refractivity contribution in [3.63, 3.8) is 0 Å². The molecule has 0 spiro atoms. The summed E-state index contributed by atoms with van der Waals surface area (Å²) in [5, 5.41) is 4.72. The number of aryl methyl sites for hydroxylation is 1. The molecule has 0 unspecified atom stereocenters. The minimum Gasteiger partial charge on any atom is -0.317 e. The Hall–Kier alpha value is -3.40. The van der Waals surface area contributed by atoms with Crippen LogP contribution < -0.4 is 9.73 Å². The normalized spacial score (nSPS) is 11.6. The van der Waals surface area contributed by atoms with Crippen LogP contribution in [0, 0.1) is 13.8 Å². The highest BCUT2D eigenvalue weighted by Crippen LogP contribution is 2.26. The van der Waals surface area contributed by atoms with Crippen molar-refractivity contribution < 1.29 is 13.2 Å². The van der Waals surface area contributed by atoms with Crippen molar-refractivity contribution in [3.8, 4) is 5.69 Å². The van der Waals surface area contributed by atoms with Crippen molar-refractivity contribution in [1.29, 1.82) is 0 Å². The number of hydrogen-bond acceptors (Lipinski definition) is 4. The number of amides is 1. The van der Waals surface area contributed by atoms with Crippen molar-refractivity contribution in [2.75, 3.05) is 10.6 Å². The average Bonchev–Trinajstić information content (AvgIpc) is 3.16. The molecule has 0 atom stereocenters. The second-order valence-corrected chi connectivity index (χ2v) is 12.0. The van der Waals surface area contributed by atoms with Gasteiger partial charge in [0.05, 0.1) is 30.4 Å². The lowest BCUT2D eigenvalue weighted by Gasteiger charge is -2.22. The highest BCUT2D eigenvalue weighted by Gasteiger charge is 2.18. The van der Waals surface area contributed by atoms with E-state index >= 15 is 0 Å². The van der Waals surface area contributed by atoms with Crippen LogP contribution in [0.4, 0.5) is 5.69 Å². The van der Waals surface area contributed by atoms with E-state index in [4.69, 9.17) is 11.6 Å². The molecule has 1 N–H and O–H groups in total. The number of halogens is 2. The number of carbonyl (C=O) groups excluding carboxylic acids is 1. The topological polar surface area (TPSA) is 83.8 Å². The van der Waals surface area contributed by atoms with Gasteiger partial charge in [-0.05, 0) is 89.9 Å². The molecule has 0 aliphatic heterocycles. The van der Waals surface area contributed by atoms with E-state index in [2.05, 4.69) is 31.0 Å². The maximum absolute atomic E-state index is 12.7. The fraction of sp³-hybridized carbons (Fsp3) is 0.143. The van der Waals surface area contributed by atoms with Crippen LogP contribution >= 0.6 is 27.5 Å². The summed E-state index contributed by atoms with van der Waals surface area (Å²) in [6.45, 7) is 4.15. The minimum absolute atomic E-state index is 0.143. The molecule has 0 saturated carbocycles. The summed E-state index contributed by atoms with van der Waals surface area (Å²) in [7, 11) is -3.56. The largest absolute Gasteiger partial charge is 0.317 e. The number of aromatic nitrogens is 1. The van der Waals surface area contributed by atoms with Gasteiger partial charge in [-0.1, -0.05) is 35.9 Å². The van der Waals surface area contributed by atoms with Gasteiger partial charge in [0.25, 0.3) is 5.91 Å². The quantitative estimate of drug-likeness (QED) is 0.189. The highest BCUT2D eigenvalue weighted by atomic mass is 79.9. The molecule has 10 heteroatoms. The van der Waals surface area contributed by atoms with Crippen LogP contribution in [0.25, 0.3) is 5.69 Å². The van der Waals surface area contributed by atoms with E-state index in [1.165, 1.54) is 4.31 Å². The standard InChI is InChI=1S/C28H26BrClN4O3S/c1-19-16-23(20(2)34(19)27-7-5-4-6-26(27)29)17-31-32-28(35)22-10-14-25(15-11-22)33(38(3,36)37)18-21-8-12-24(30)13-9-21/h4-17H,18H2,1-3H3,(H,32,35)/b31-17-. The first kappa shape index (κ1) is 27.6. The van der Waals surface area contributed by atoms with Crippen molar-refractivity contribution >= 4 is 55.4 Å². The molecule has 4 rings (SSSR count). The van der Waals surface area contributed by atoms with Gasteiger partial charge in [0, 0.05) is 32.0 Å². The number of benzene rings is 3. The number of hydrazone groups is 1. The molecule has 0 aliphatic rings. The number of nitrogens with zero attached hydrogens (tertiary/aromatic N) is 3. The number of rotatable bonds is 8. The molecule has 1 aromatic heterocycles. The van der Waals surface area contributed by atoms with Crippen LogP contribution in [-0.2, 0) is 16.6 Å². The highest BCUT2D eigenvalue weighted by molar-refractivity contribution is 9.10. The molecule has 0 bridgehead atoms. The Bertz CT molecular complexity index is 1600. The minimum atomic E-state index is -3.56. The van der Waals surface area contributed by atoms with Gasteiger partial charge >= 0.3 is 0 Å². The molecule has 196 valence electrons. The van der Waals surface area contributed by atoms with E-state index in [-0.39, 0.29) is 6.54 Å². The molecule has 1 amide bonds. The van der Waals surface area contributed by atoms with Crippen LogP contribution in [0.5, 0.6) is 0 Å². The van der Waals surface area contributed by atoms with Gasteiger partial charge in [-0.15, -0.1) is 0 Å². The molecular formula is C28H26BrClN4O3S. The van der Waals surface area contributed by atoms with E-state index in [9.17, 15) is 13.2 Å². The van der Waals surface area contributed by atoms with Gasteiger partial charge in [-0.25, -0.2) is 13.8 Å². The molecule has 1 heterocycles. The molecule has 0 radical (unpaired) electrons. The van der Waals surface area contributed by atoms with Gasteiger partial charge < -0.3 is 4.57 Å². The number of hydrogen-bond donors (Lipinski definition) is 1. The Balaban J connectivity index is 1.47. The molecule has 0 saturated heterocycles. The summed E-state index contributed by atoms with van der Waals surface area (Å²) in [6.07, 6.45) is 2.76. The fourth-order valence-electron chi connectivity index (χ4n) is 4.08. The van der Waals surface area contributed by atoms with Crippen LogP contribution in [0.3, 0.4) is 0 Å². The zero-order valence-electron chi connectivity index (χ0n) is 21.0. The van der Waals surface area contributed by atoms with Gasteiger partial charge in [-0.3, -0.25) is 9.10 Å². The van der Waals surface area contributed by atoms with Gasteiger partial charge in [0.1, 0.15) is 0 Å². The summed E-state index contributed by atoms with van der Waals surface area (Å²) < 4.78 is 29.3. The first-order chi connectivity index (χ1) is 18.0. The molecule has 38 heavy (non-hydrogen) atoms. The number of para-hydroxylation sites is 1. The summed E-state index contributed by atoms with van der Waals surface area (Å²) in [5.41, 5.74) is 8.04. The van der Waals surface area contributed by atoms with Crippen molar-refractivity contribution in [2.45, 2.75) is 20.4 Å². The van der Waals surface area contributed by atoms with Gasteiger partial charge in [0.2, 0.25) is 10.0 Å². The first-order valence-corrected chi connectivity index (χ1v) is 14.7. The van der Waals surface area contributed by atoms with Crippen LogP contribution in [0.15, 0.2) is 88.4 Å². The van der Waals surface area contributed by atoms with Gasteiger partial charge in [-0.2, -0.15) is 5.10 Å². The molecule has 3 aromatic carbocycles. The smallest absolute Gasteiger partial charge is 0.271 e. The molecular weight excluding hydrogens is 588 g/mol. The lowest BCUT2D eigenvalue weighted by Crippen LogP contribution is -2.29. The SMILES string of the molecule is Cc1cc(/C=N\NC(=O)c2ccc(N(Cc3ccc(Cl)cc3)S(C)(=O)=O)cc2)c(C)n1-c1ccccc1Br. The van der Waals surface area contributed by atoms with E-state index in [1.54, 1.807) is 54.7 Å². The van der Waals surface area contributed by atoms with E-state index in [0.717, 1.165) is 38.9 Å². The predicted molar refractivity (Wildman–Crippen MR) is 157 cm³/mol. The second kappa shape index (κ2) is 11.6. The second-order valence-electron chi connectivity index (χ2n) is 8.76. The summed E-state index contributed by atoms with van der Waals surface area (Å²) in [6, 6.07) is 23.3. The monoisotopic (exact) mass is 612 g/mol. The number of anilines is 1. The Morgan fingerprint density at radius 1 is 1.05 bits per heavy atom. The number of carbonyl (C=O) groups is 1. The van der Waals surface area contributed by atoms with Crippen LogP contribution in [-0.4, -0.2) is 31.4 Å². The van der Waals surface area contributed by atoms with Crippen molar-refractivity contribution in [3.05, 3.63) is 116 Å². The van der Waals surface area contributed by atoms with Crippen molar-refractivity contribution in [1.82, 2.24) is 9.99 Å².